The van der Waals surface area contributed by atoms with Crippen molar-refractivity contribution in [1.29, 1.82) is 0 Å². The summed E-state index contributed by atoms with van der Waals surface area (Å²) < 4.78 is 10.5. The number of aromatic nitrogens is 1. The van der Waals surface area contributed by atoms with Crippen LogP contribution in [-0.2, 0) is 0 Å². The van der Waals surface area contributed by atoms with Crippen LogP contribution in [0, 0.1) is 0 Å². The summed E-state index contributed by atoms with van der Waals surface area (Å²) in [6.45, 7) is 0. The van der Waals surface area contributed by atoms with E-state index in [0.29, 0.717) is 17.1 Å². The molecule has 0 spiro atoms. The van der Waals surface area contributed by atoms with Gasteiger partial charge in [0.1, 0.15) is 11.5 Å². The molecule has 0 radical (unpaired) electrons. The van der Waals surface area contributed by atoms with Crippen LogP contribution in [0.1, 0.15) is 0 Å². The molecule has 0 amide bonds. The first-order valence-electron chi connectivity index (χ1n) is 9.69. The van der Waals surface area contributed by atoms with Gasteiger partial charge >= 0.3 is 0 Å². The number of benzene rings is 3. The van der Waals surface area contributed by atoms with Gasteiger partial charge in [0.2, 0.25) is 0 Å². The Morgan fingerprint density at radius 2 is 1.16 bits per heavy atom. The Kier molecular flexibility index (Phi) is 5.89. The predicted molar refractivity (Wildman–Crippen MR) is 123 cm³/mol. The van der Waals surface area contributed by atoms with Gasteiger partial charge in [-0.1, -0.05) is 36.4 Å². The number of rotatable bonds is 6. The third-order valence-corrected chi connectivity index (χ3v) is 4.91. The van der Waals surface area contributed by atoms with Crippen molar-refractivity contribution in [3.05, 3.63) is 90.9 Å². The first kappa shape index (κ1) is 20.1. The number of pyridine rings is 1. The molecule has 6 heteroatoms. The van der Waals surface area contributed by atoms with Gasteiger partial charge in [0.25, 0.3) is 0 Å². The number of ether oxygens (including phenoxy) is 2. The molecule has 4 rings (SSSR count). The molecule has 1 N–H and O–H groups in total. The predicted octanol–water partition coefficient (Wildman–Crippen LogP) is 7.53. The molecule has 3 aromatic carbocycles. The molecule has 0 unspecified atom stereocenters. The first-order valence-corrected chi connectivity index (χ1v) is 9.69. The van der Waals surface area contributed by atoms with Gasteiger partial charge in [-0.15, -0.1) is 5.69 Å². The highest BCUT2D eigenvalue weighted by molar-refractivity contribution is 5.94. The Balaban J connectivity index is 1.83. The molecular formula is C25H21N4O2-. The van der Waals surface area contributed by atoms with Crippen LogP contribution >= 0.6 is 0 Å². The van der Waals surface area contributed by atoms with Gasteiger partial charge in [-0.2, -0.15) is 10.2 Å². The van der Waals surface area contributed by atoms with Gasteiger partial charge in [-0.05, 0) is 53.1 Å². The topological polar surface area (TPSA) is 79.9 Å². The van der Waals surface area contributed by atoms with E-state index in [0.717, 1.165) is 33.8 Å². The second kappa shape index (κ2) is 9.09. The quantitative estimate of drug-likeness (QED) is 0.309. The van der Waals surface area contributed by atoms with Gasteiger partial charge in [-0.3, -0.25) is 4.98 Å². The Labute approximate surface area is 181 Å². The van der Waals surface area contributed by atoms with Crippen LogP contribution in [-0.4, -0.2) is 19.2 Å². The van der Waals surface area contributed by atoms with E-state index in [1.54, 1.807) is 38.7 Å². The summed E-state index contributed by atoms with van der Waals surface area (Å²) in [5, 5.41) is 8.81. The second-order valence-electron chi connectivity index (χ2n) is 6.75. The van der Waals surface area contributed by atoms with Crippen LogP contribution in [0.4, 0.5) is 17.1 Å². The zero-order valence-corrected chi connectivity index (χ0v) is 17.2. The zero-order valence-electron chi connectivity index (χ0n) is 17.2. The maximum atomic E-state index is 8.89. The summed E-state index contributed by atoms with van der Waals surface area (Å²) in [7, 11) is 3.26. The summed E-state index contributed by atoms with van der Waals surface area (Å²) in [5.41, 5.74) is 13.8. The lowest BCUT2D eigenvalue weighted by atomic mass is 9.96. The molecule has 31 heavy (non-hydrogen) atoms. The monoisotopic (exact) mass is 409 g/mol. The van der Waals surface area contributed by atoms with E-state index < -0.39 is 0 Å². The molecule has 6 nitrogen and oxygen atoms in total. The van der Waals surface area contributed by atoms with E-state index in [9.17, 15) is 0 Å². The number of nitrogens with zero attached hydrogens (tertiary/aromatic N) is 3. The minimum absolute atomic E-state index is 0.302. The van der Waals surface area contributed by atoms with Crippen molar-refractivity contribution in [1.82, 2.24) is 4.98 Å². The average Bonchev–Trinajstić information content (AvgIpc) is 2.84. The third-order valence-electron chi connectivity index (χ3n) is 4.91. The van der Waals surface area contributed by atoms with Gasteiger partial charge in [-0.25, -0.2) is 0 Å². The molecule has 0 bridgehead atoms. The van der Waals surface area contributed by atoms with Crippen molar-refractivity contribution in [2.24, 2.45) is 10.2 Å². The summed E-state index contributed by atoms with van der Waals surface area (Å²) >= 11 is 0. The molecule has 0 atom stereocenters. The highest BCUT2D eigenvalue weighted by Crippen LogP contribution is 2.45. The summed E-state index contributed by atoms with van der Waals surface area (Å²) in [5.74, 6) is 1.53. The van der Waals surface area contributed by atoms with E-state index in [4.69, 9.17) is 15.2 Å². The van der Waals surface area contributed by atoms with Gasteiger partial charge in [0.15, 0.2) is 0 Å². The lowest BCUT2D eigenvalue weighted by Gasteiger charge is -2.19. The molecule has 1 heterocycles. The number of hydrogen-bond acceptors (Lipinski definition) is 5. The Morgan fingerprint density at radius 1 is 0.645 bits per heavy atom. The second-order valence-corrected chi connectivity index (χ2v) is 6.75. The minimum Gasteiger partial charge on any atom is -0.696 e. The van der Waals surface area contributed by atoms with Crippen LogP contribution in [0.25, 0.3) is 28.0 Å². The van der Waals surface area contributed by atoms with Crippen LogP contribution in [0.5, 0.6) is 11.5 Å². The fourth-order valence-electron chi connectivity index (χ4n) is 3.23. The minimum atomic E-state index is 0.302. The van der Waals surface area contributed by atoms with Crippen molar-refractivity contribution in [3.63, 3.8) is 0 Å². The normalized spacial score (nSPS) is 10.9. The fourth-order valence-corrected chi connectivity index (χ4v) is 3.23. The van der Waals surface area contributed by atoms with Gasteiger partial charge in [0.05, 0.1) is 25.6 Å². The number of hydrogen-bond donors (Lipinski definition) is 0. The molecule has 0 aliphatic carbocycles. The fraction of sp³-hybridized carbons (Fsp3) is 0.0800. The molecule has 0 fully saturated rings. The Bertz CT molecular complexity index is 1190. The van der Waals surface area contributed by atoms with Crippen LogP contribution in [0.2, 0.25) is 0 Å². The maximum Gasteiger partial charge on any atom is 0.118 e. The van der Waals surface area contributed by atoms with Crippen molar-refractivity contribution in [3.8, 4) is 33.8 Å². The number of azo groups is 1. The molecule has 1 aromatic heterocycles. The molecule has 4 aromatic rings. The SMILES string of the molecule is COc1ccc(-c2ccc(-c3ccc(OC)cc3)c(N=Nc3ccncc3)c2[NH-])cc1. The molecule has 0 saturated heterocycles. The highest BCUT2D eigenvalue weighted by Gasteiger charge is 2.11. The molecular weight excluding hydrogens is 388 g/mol. The van der Waals surface area contributed by atoms with Crippen molar-refractivity contribution in [2.45, 2.75) is 0 Å². The highest BCUT2D eigenvalue weighted by atomic mass is 16.5. The van der Waals surface area contributed by atoms with Crippen LogP contribution in [0.15, 0.2) is 95.4 Å². The first-order chi connectivity index (χ1) is 15.2. The van der Waals surface area contributed by atoms with Crippen LogP contribution < -0.4 is 9.47 Å². The maximum absolute atomic E-state index is 8.89. The van der Waals surface area contributed by atoms with Gasteiger partial charge in [0, 0.05) is 18.0 Å². The third kappa shape index (κ3) is 4.38. The summed E-state index contributed by atoms with van der Waals surface area (Å²) in [6, 6.07) is 22.8. The smallest absolute Gasteiger partial charge is 0.118 e. The number of methoxy groups -OCH3 is 2. The largest absolute Gasteiger partial charge is 0.696 e. The summed E-state index contributed by atoms with van der Waals surface area (Å²) in [4.78, 5) is 4.01. The Morgan fingerprint density at radius 3 is 1.71 bits per heavy atom. The average molecular weight is 409 g/mol. The summed E-state index contributed by atoms with van der Waals surface area (Å²) in [6.07, 6.45) is 3.32. The molecule has 0 aliphatic rings. The lowest BCUT2D eigenvalue weighted by molar-refractivity contribution is 0.415. The number of nitrogens with one attached hydrogen (secondary N) is 1. The zero-order chi connectivity index (χ0) is 21.6. The lowest BCUT2D eigenvalue weighted by Crippen LogP contribution is -1.86. The van der Waals surface area contributed by atoms with E-state index in [-0.39, 0.29) is 0 Å². The van der Waals surface area contributed by atoms with Gasteiger partial charge < -0.3 is 15.2 Å². The van der Waals surface area contributed by atoms with Crippen molar-refractivity contribution < 1.29 is 9.47 Å². The van der Waals surface area contributed by atoms with E-state index in [1.165, 1.54) is 0 Å². The van der Waals surface area contributed by atoms with E-state index in [1.807, 2.05) is 60.7 Å². The van der Waals surface area contributed by atoms with Crippen molar-refractivity contribution in [2.75, 3.05) is 14.2 Å². The standard InChI is InChI=1S/C25H21N4O2/c1-30-20-7-3-17(4-8-20)22-11-12-23(18-5-9-21(31-2)10-6-18)25(24(22)26)29-28-19-13-15-27-16-14-19/h3-16,26H,1-2H3/q-1. The van der Waals surface area contributed by atoms with E-state index >= 15 is 0 Å². The molecule has 0 saturated carbocycles. The van der Waals surface area contributed by atoms with Crippen LogP contribution in [0.3, 0.4) is 0 Å². The van der Waals surface area contributed by atoms with E-state index in [2.05, 4.69) is 15.2 Å². The molecule has 0 aliphatic heterocycles. The molecule has 154 valence electrons. The van der Waals surface area contributed by atoms with Crippen molar-refractivity contribution >= 4 is 17.1 Å². The Hall–Kier alpha value is -4.19.